The zero-order valence-electron chi connectivity index (χ0n) is 15.9. The third-order valence-electron chi connectivity index (χ3n) is 4.29. The van der Waals surface area contributed by atoms with Gasteiger partial charge in [0.05, 0.1) is 20.6 Å². The molecule has 0 saturated carbocycles. The van der Waals surface area contributed by atoms with E-state index in [4.69, 9.17) is 23.4 Å². The summed E-state index contributed by atoms with van der Waals surface area (Å²) in [6.07, 6.45) is 0.399. The van der Waals surface area contributed by atoms with Crippen LogP contribution in [0.5, 0.6) is 23.0 Å². The number of fused-ring (bicyclic) bond motifs is 1. The Morgan fingerprint density at radius 3 is 2.59 bits per heavy atom. The van der Waals surface area contributed by atoms with Crippen molar-refractivity contribution < 1.29 is 28.2 Å². The predicted octanol–water partition coefficient (Wildman–Crippen LogP) is 2.70. The van der Waals surface area contributed by atoms with Crippen molar-refractivity contribution in [2.75, 3.05) is 32.8 Å². The lowest BCUT2D eigenvalue weighted by Gasteiger charge is -2.18. The van der Waals surface area contributed by atoms with Crippen LogP contribution in [0, 0.1) is 0 Å². The molecule has 0 bridgehead atoms. The molecule has 1 N–H and O–H groups in total. The molecule has 1 aliphatic rings. The fraction of sp³-hybridized carbons (Fsp3) is 0.250. The van der Waals surface area contributed by atoms with Gasteiger partial charge in [-0.15, -0.1) is 5.10 Å². The van der Waals surface area contributed by atoms with Crippen LogP contribution in [-0.4, -0.2) is 43.5 Å². The van der Waals surface area contributed by atoms with Crippen molar-refractivity contribution in [1.82, 2.24) is 10.2 Å². The first kappa shape index (κ1) is 18.6. The fourth-order valence-electron chi connectivity index (χ4n) is 2.89. The van der Waals surface area contributed by atoms with Gasteiger partial charge in [0.25, 0.3) is 5.91 Å². The zero-order valence-corrected chi connectivity index (χ0v) is 15.9. The number of benzene rings is 2. The topological polar surface area (TPSA) is 105 Å². The molecule has 1 aromatic heterocycles. The van der Waals surface area contributed by atoms with Crippen LogP contribution >= 0.6 is 0 Å². The largest absolute Gasteiger partial charge is 0.493 e. The number of methoxy groups -OCH3 is 2. The van der Waals surface area contributed by atoms with Gasteiger partial charge < -0.3 is 23.4 Å². The minimum Gasteiger partial charge on any atom is -0.493 e. The van der Waals surface area contributed by atoms with Gasteiger partial charge in [-0.25, -0.2) is 0 Å². The molecule has 0 atom stereocenters. The Labute approximate surface area is 166 Å². The first-order valence-corrected chi connectivity index (χ1v) is 8.90. The Bertz CT molecular complexity index is 1030. The highest BCUT2D eigenvalue weighted by Crippen LogP contribution is 2.31. The summed E-state index contributed by atoms with van der Waals surface area (Å²) in [6.45, 7) is 1.06. The van der Waals surface area contributed by atoms with Crippen LogP contribution in [0.25, 0.3) is 0 Å². The monoisotopic (exact) mass is 397 g/mol. The van der Waals surface area contributed by atoms with E-state index in [1.165, 1.54) is 14.2 Å². The molecule has 1 aliphatic heterocycles. The Hall–Kier alpha value is -3.75. The maximum absolute atomic E-state index is 12.4. The second-order valence-electron chi connectivity index (χ2n) is 6.18. The van der Waals surface area contributed by atoms with E-state index in [1.807, 2.05) is 18.2 Å². The third kappa shape index (κ3) is 4.08. The molecule has 3 aromatic rings. The van der Waals surface area contributed by atoms with Crippen LogP contribution in [0.15, 0.2) is 40.8 Å². The van der Waals surface area contributed by atoms with Gasteiger partial charge in [-0.2, -0.15) is 0 Å². The van der Waals surface area contributed by atoms with Crippen molar-refractivity contribution >= 4 is 11.9 Å². The molecule has 0 fully saturated rings. The number of carbonyl (C=O) groups excluding carboxylic acids is 1. The molecule has 1 amide bonds. The second kappa shape index (κ2) is 8.09. The summed E-state index contributed by atoms with van der Waals surface area (Å²) in [5.41, 5.74) is 1.30. The quantitative estimate of drug-likeness (QED) is 0.677. The average molecular weight is 397 g/mol. The summed E-state index contributed by atoms with van der Waals surface area (Å²) in [5, 5.41) is 10.4. The van der Waals surface area contributed by atoms with Crippen LogP contribution in [0.4, 0.5) is 6.01 Å². The number of hydrogen-bond donors (Lipinski definition) is 1. The Balaban J connectivity index is 1.43. The molecule has 9 heteroatoms. The van der Waals surface area contributed by atoms with E-state index >= 15 is 0 Å². The molecule has 0 aliphatic carbocycles. The van der Waals surface area contributed by atoms with Crippen LogP contribution in [0.1, 0.15) is 21.8 Å². The van der Waals surface area contributed by atoms with Crippen LogP contribution in [0.3, 0.4) is 0 Å². The van der Waals surface area contributed by atoms with Gasteiger partial charge >= 0.3 is 6.01 Å². The van der Waals surface area contributed by atoms with Crippen molar-refractivity contribution in [3.05, 3.63) is 53.4 Å². The Morgan fingerprint density at radius 1 is 1.00 bits per heavy atom. The molecule has 0 unspecified atom stereocenters. The maximum atomic E-state index is 12.4. The molecule has 0 radical (unpaired) electrons. The van der Waals surface area contributed by atoms with E-state index in [0.717, 1.165) is 5.56 Å². The maximum Gasteiger partial charge on any atom is 0.322 e. The highest BCUT2D eigenvalue weighted by Gasteiger charge is 2.16. The fourth-order valence-corrected chi connectivity index (χ4v) is 2.89. The lowest BCUT2D eigenvalue weighted by atomic mass is 10.1. The number of amides is 1. The van der Waals surface area contributed by atoms with Crippen molar-refractivity contribution in [2.24, 2.45) is 0 Å². The molecule has 2 heterocycles. The van der Waals surface area contributed by atoms with Gasteiger partial charge in [0.2, 0.25) is 5.89 Å². The summed E-state index contributed by atoms with van der Waals surface area (Å²) in [4.78, 5) is 12.4. The summed E-state index contributed by atoms with van der Waals surface area (Å²) in [7, 11) is 3.03. The summed E-state index contributed by atoms with van der Waals surface area (Å²) >= 11 is 0. The van der Waals surface area contributed by atoms with E-state index < -0.39 is 5.91 Å². The summed E-state index contributed by atoms with van der Waals surface area (Å²) in [6, 6.07) is 10.5. The minimum absolute atomic E-state index is 0.0114. The normalized spacial score (nSPS) is 12.3. The minimum atomic E-state index is -0.402. The highest BCUT2D eigenvalue weighted by molar-refractivity contribution is 6.03. The third-order valence-corrected chi connectivity index (χ3v) is 4.29. The SMILES string of the molecule is COc1ccc(C(=O)Nc2nnc(Cc3ccc4c(c3)OCCO4)o2)cc1OC. The van der Waals surface area contributed by atoms with Crippen molar-refractivity contribution in [3.63, 3.8) is 0 Å². The van der Waals surface area contributed by atoms with E-state index in [0.29, 0.717) is 54.1 Å². The first-order valence-electron chi connectivity index (χ1n) is 8.90. The number of carbonyl (C=O) groups is 1. The van der Waals surface area contributed by atoms with Gasteiger partial charge in [-0.05, 0) is 35.9 Å². The van der Waals surface area contributed by atoms with Gasteiger partial charge in [0.15, 0.2) is 23.0 Å². The number of rotatable bonds is 6. The van der Waals surface area contributed by atoms with E-state index in [2.05, 4.69) is 15.5 Å². The molecular formula is C20H19N3O6. The van der Waals surface area contributed by atoms with Crippen LogP contribution in [-0.2, 0) is 6.42 Å². The Morgan fingerprint density at radius 2 is 1.79 bits per heavy atom. The van der Waals surface area contributed by atoms with E-state index in [1.54, 1.807) is 18.2 Å². The van der Waals surface area contributed by atoms with E-state index in [-0.39, 0.29) is 6.01 Å². The number of hydrogen-bond acceptors (Lipinski definition) is 8. The molecule has 29 heavy (non-hydrogen) atoms. The summed E-state index contributed by atoms with van der Waals surface area (Å²) in [5.74, 6) is 2.35. The number of nitrogens with one attached hydrogen (secondary N) is 1. The van der Waals surface area contributed by atoms with Crippen molar-refractivity contribution in [1.29, 1.82) is 0 Å². The number of anilines is 1. The lowest BCUT2D eigenvalue weighted by Crippen LogP contribution is -2.15. The lowest BCUT2D eigenvalue weighted by molar-refractivity contribution is 0.102. The Kier molecular flexibility index (Phi) is 5.19. The molecule has 2 aromatic carbocycles. The highest BCUT2D eigenvalue weighted by atomic mass is 16.6. The van der Waals surface area contributed by atoms with Crippen molar-refractivity contribution in [2.45, 2.75) is 6.42 Å². The van der Waals surface area contributed by atoms with Gasteiger partial charge in [0, 0.05) is 5.56 Å². The van der Waals surface area contributed by atoms with Gasteiger partial charge in [0.1, 0.15) is 13.2 Å². The zero-order chi connectivity index (χ0) is 20.2. The van der Waals surface area contributed by atoms with E-state index in [9.17, 15) is 4.79 Å². The molecule has 150 valence electrons. The van der Waals surface area contributed by atoms with Gasteiger partial charge in [-0.1, -0.05) is 11.2 Å². The average Bonchev–Trinajstić information content (AvgIpc) is 3.19. The molecule has 4 rings (SSSR count). The standard InChI is InChI=1S/C20H19N3O6/c1-25-14-6-4-13(11-16(14)26-2)19(24)21-20-23-22-18(29-20)10-12-3-5-15-17(9-12)28-8-7-27-15/h3-6,9,11H,7-8,10H2,1-2H3,(H,21,23,24). The molecular weight excluding hydrogens is 378 g/mol. The van der Waals surface area contributed by atoms with Crippen molar-refractivity contribution in [3.8, 4) is 23.0 Å². The smallest absolute Gasteiger partial charge is 0.322 e. The molecule has 0 saturated heterocycles. The first-order chi connectivity index (χ1) is 14.2. The van der Waals surface area contributed by atoms with Crippen LogP contribution in [0.2, 0.25) is 0 Å². The second-order valence-corrected chi connectivity index (χ2v) is 6.18. The van der Waals surface area contributed by atoms with Crippen LogP contribution < -0.4 is 24.3 Å². The number of aromatic nitrogens is 2. The summed E-state index contributed by atoms with van der Waals surface area (Å²) < 4.78 is 27.0. The number of nitrogens with zero attached hydrogens (tertiary/aromatic N) is 2. The van der Waals surface area contributed by atoms with Gasteiger partial charge in [-0.3, -0.25) is 10.1 Å². The number of ether oxygens (including phenoxy) is 4. The predicted molar refractivity (Wildman–Crippen MR) is 102 cm³/mol. The molecule has 9 nitrogen and oxygen atoms in total. The molecule has 0 spiro atoms.